The Morgan fingerprint density at radius 2 is 1.95 bits per heavy atom. The molecule has 0 spiro atoms. The Morgan fingerprint density at radius 1 is 1.26 bits per heavy atom. The first-order valence-electron chi connectivity index (χ1n) is 6.91. The molecule has 0 saturated heterocycles. The van der Waals surface area contributed by atoms with Gasteiger partial charge < -0.3 is 9.30 Å². The molecule has 106 valence electrons. The summed E-state index contributed by atoms with van der Waals surface area (Å²) in [4.78, 5) is 23.9. The summed E-state index contributed by atoms with van der Waals surface area (Å²) in [6.07, 6.45) is 3.13. The molecule has 1 rings (SSSR count). The van der Waals surface area contributed by atoms with E-state index in [9.17, 15) is 9.59 Å². The minimum Gasteiger partial charge on any atom is -0.462 e. The number of carbonyl (C=O) groups is 1. The molecule has 0 atom stereocenters. The zero-order valence-corrected chi connectivity index (χ0v) is 12.3. The van der Waals surface area contributed by atoms with Crippen LogP contribution in [0.2, 0.25) is 0 Å². The maximum Gasteiger partial charge on any atom is 0.340 e. The van der Waals surface area contributed by atoms with Crippen LogP contribution in [0.5, 0.6) is 0 Å². The van der Waals surface area contributed by atoms with Crippen molar-refractivity contribution in [2.45, 2.75) is 53.5 Å². The van der Waals surface area contributed by atoms with Crippen molar-refractivity contribution in [3.8, 4) is 0 Å². The minimum atomic E-state index is -0.346. The number of pyridine rings is 1. The van der Waals surface area contributed by atoms with Gasteiger partial charge in [-0.15, -0.1) is 0 Å². The molecule has 0 N–H and O–H groups in total. The molecular formula is C15H23NO3. The summed E-state index contributed by atoms with van der Waals surface area (Å²) in [6.45, 7) is 8.48. The topological polar surface area (TPSA) is 48.3 Å². The first kappa shape index (κ1) is 15.5. The summed E-state index contributed by atoms with van der Waals surface area (Å²) in [7, 11) is 0. The third-order valence-corrected chi connectivity index (χ3v) is 3.23. The van der Waals surface area contributed by atoms with E-state index >= 15 is 0 Å². The van der Waals surface area contributed by atoms with Crippen LogP contribution < -0.4 is 5.56 Å². The fraction of sp³-hybridized carbons (Fsp3) is 0.600. The van der Waals surface area contributed by atoms with Crippen LogP contribution in [-0.4, -0.2) is 17.1 Å². The third kappa shape index (κ3) is 3.69. The van der Waals surface area contributed by atoms with Gasteiger partial charge in [0, 0.05) is 18.3 Å². The van der Waals surface area contributed by atoms with Crippen molar-refractivity contribution in [2.24, 2.45) is 0 Å². The Morgan fingerprint density at radius 3 is 2.53 bits per heavy atom. The standard InChI is InChI=1S/C15H23NO3/c1-5-7-8-9-16-12(4)14(15(18)19-6-2)11(3)10-13(16)17/h10H,5-9H2,1-4H3. The van der Waals surface area contributed by atoms with Crippen LogP contribution in [0.3, 0.4) is 0 Å². The van der Waals surface area contributed by atoms with Crippen molar-refractivity contribution in [2.75, 3.05) is 6.61 Å². The summed E-state index contributed by atoms with van der Waals surface area (Å²) in [6, 6.07) is 1.52. The fourth-order valence-electron chi connectivity index (χ4n) is 2.23. The quantitative estimate of drug-likeness (QED) is 0.587. The average Bonchev–Trinajstić information content (AvgIpc) is 2.33. The molecule has 0 aliphatic heterocycles. The van der Waals surface area contributed by atoms with Gasteiger partial charge in [-0.05, 0) is 32.8 Å². The highest BCUT2D eigenvalue weighted by atomic mass is 16.5. The summed E-state index contributed by atoms with van der Waals surface area (Å²) in [5.41, 5.74) is 1.88. The number of carbonyl (C=O) groups excluding carboxylic acids is 1. The number of unbranched alkanes of at least 4 members (excludes halogenated alkanes) is 2. The molecule has 0 aromatic carbocycles. The van der Waals surface area contributed by atoms with Crippen LogP contribution in [-0.2, 0) is 11.3 Å². The van der Waals surface area contributed by atoms with Crippen LogP contribution in [0.15, 0.2) is 10.9 Å². The van der Waals surface area contributed by atoms with Gasteiger partial charge in [0.2, 0.25) is 0 Å². The van der Waals surface area contributed by atoms with Crippen LogP contribution in [0, 0.1) is 13.8 Å². The van der Waals surface area contributed by atoms with E-state index < -0.39 is 0 Å². The lowest BCUT2D eigenvalue weighted by atomic mass is 10.1. The normalized spacial score (nSPS) is 10.5. The number of nitrogens with zero attached hydrogens (tertiary/aromatic N) is 1. The molecular weight excluding hydrogens is 242 g/mol. The molecule has 0 radical (unpaired) electrons. The van der Waals surface area contributed by atoms with Gasteiger partial charge in [-0.1, -0.05) is 19.8 Å². The Kier molecular flexibility index (Phi) is 5.80. The minimum absolute atomic E-state index is 0.0425. The van der Waals surface area contributed by atoms with Crippen LogP contribution >= 0.6 is 0 Å². The Labute approximate surface area is 114 Å². The van der Waals surface area contributed by atoms with Crippen molar-refractivity contribution in [1.29, 1.82) is 0 Å². The van der Waals surface area contributed by atoms with E-state index in [1.54, 1.807) is 18.4 Å². The highest BCUT2D eigenvalue weighted by molar-refractivity contribution is 5.92. The number of aryl methyl sites for hydroxylation is 1. The highest BCUT2D eigenvalue weighted by Crippen LogP contribution is 2.13. The van der Waals surface area contributed by atoms with Gasteiger partial charge in [0.1, 0.15) is 0 Å². The highest BCUT2D eigenvalue weighted by Gasteiger charge is 2.17. The monoisotopic (exact) mass is 265 g/mol. The van der Waals surface area contributed by atoms with Gasteiger partial charge in [0.05, 0.1) is 12.2 Å². The molecule has 4 heteroatoms. The number of hydrogen-bond acceptors (Lipinski definition) is 3. The van der Waals surface area contributed by atoms with Crippen molar-refractivity contribution in [3.63, 3.8) is 0 Å². The maximum atomic E-state index is 12.0. The molecule has 0 saturated carbocycles. The van der Waals surface area contributed by atoms with E-state index in [0.717, 1.165) is 19.3 Å². The number of hydrogen-bond donors (Lipinski definition) is 0. The zero-order chi connectivity index (χ0) is 14.4. The van der Waals surface area contributed by atoms with Crippen molar-refractivity contribution < 1.29 is 9.53 Å². The average molecular weight is 265 g/mol. The molecule has 0 bridgehead atoms. The second kappa shape index (κ2) is 7.12. The second-order valence-electron chi connectivity index (χ2n) is 4.71. The molecule has 1 heterocycles. The van der Waals surface area contributed by atoms with Crippen LogP contribution in [0.25, 0.3) is 0 Å². The van der Waals surface area contributed by atoms with Crippen molar-refractivity contribution >= 4 is 5.97 Å². The van der Waals surface area contributed by atoms with Crippen LogP contribution in [0.4, 0.5) is 0 Å². The van der Waals surface area contributed by atoms with Gasteiger partial charge >= 0.3 is 5.97 Å². The summed E-state index contributed by atoms with van der Waals surface area (Å²) < 4.78 is 6.73. The molecule has 0 aliphatic carbocycles. The van der Waals surface area contributed by atoms with E-state index in [4.69, 9.17) is 4.74 Å². The van der Waals surface area contributed by atoms with Gasteiger partial charge in [-0.2, -0.15) is 0 Å². The molecule has 1 aromatic heterocycles. The van der Waals surface area contributed by atoms with E-state index in [1.807, 2.05) is 6.92 Å². The number of rotatable bonds is 6. The smallest absolute Gasteiger partial charge is 0.340 e. The summed E-state index contributed by atoms with van der Waals surface area (Å²) in [5.74, 6) is -0.346. The Hall–Kier alpha value is -1.58. The molecule has 1 aromatic rings. The van der Waals surface area contributed by atoms with E-state index in [0.29, 0.717) is 30.0 Å². The lowest BCUT2D eigenvalue weighted by Gasteiger charge is -2.15. The number of aromatic nitrogens is 1. The van der Waals surface area contributed by atoms with E-state index in [-0.39, 0.29) is 11.5 Å². The predicted octanol–water partition coefficient (Wildman–Crippen LogP) is 2.83. The molecule has 0 amide bonds. The molecule has 4 nitrogen and oxygen atoms in total. The van der Waals surface area contributed by atoms with Gasteiger partial charge in [0.25, 0.3) is 5.56 Å². The zero-order valence-electron chi connectivity index (χ0n) is 12.3. The maximum absolute atomic E-state index is 12.0. The summed E-state index contributed by atoms with van der Waals surface area (Å²) >= 11 is 0. The Bertz CT molecular complexity index is 503. The number of esters is 1. The Balaban J connectivity index is 3.15. The van der Waals surface area contributed by atoms with E-state index in [2.05, 4.69) is 6.92 Å². The lowest BCUT2D eigenvalue weighted by Crippen LogP contribution is -2.26. The largest absolute Gasteiger partial charge is 0.462 e. The first-order chi connectivity index (χ1) is 9.02. The molecule has 0 fully saturated rings. The van der Waals surface area contributed by atoms with Crippen molar-refractivity contribution in [1.82, 2.24) is 4.57 Å². The number of ether oxygens (including phenoxy) is 1. The van der Waals surface area contributed by atoms with E-state index in [1.165, 1.54) is 6.07 Å². The van der Waals surface area contributed by atoms with Gasteiger partial charge in [-0.25, -0.2) is 4.79 Å². The fourth-order valence-corrected chi connectivity index (χ4v) is 2.23. The molecule has 0 unspecified atom stereocenters. The van der Waals surface area contributed by atoms with Crippen LogP contribution in [0.1, 0.15) is 54.7 Å². The first-order valence-corrected chi connectivity index (χ1v) is 6.91. The summed E-state index contributed by atoms with van der Waals surface area (Å²) in [5, 5.41) is 0. The third-order valence-electron chi connectivity index (χ3n) is 3.23. The molecule has 0 aliphatic rings. The second-order valence-corrected chi connectivity index (χ2v) is 4.71. The van der Waals surface area contributed by atoms with Gasteiger partial charge in [0.15, 0.2) is 0 Å². The SMILES string of the molecule is CCCCCn1c(C)c(C(=O)OCC)c(C)cc1=O. The lowest BCUT2D eigenvalue weighted by molar-refractivity contribution is 0.0523. The molecule has 19 heavy (non-hydrogen) atoms. The van der Waals surface area contributed by atoms with Crippen molar-refractivity contribution in [3.05, 3.63) is 33.2 Å². The predicted molar refractivity (Wildman–Crippen MR) is 75.7 cm³/mol. The van der Waals surface area contributed by atoms with Gasteiger partial charge in [-0.3, -0.25) is 4.79 Å².